The molecule has 2 unspecified atom stereocenters. The molecular formula is C17H29Cl2N3OS. The van der Waals surface area contributed by atoms with Crippen molar-refractivity contribution in [3.8, 4) is 0 Å². The first kappa shape index (κ1) is 23.5. The Morgan fingerprint density at radius 2 is 1.92 bits per heavy atom. The SMILES string of the molecule is Cc1cc(CN2CCSCC2)ccc1NC(=O)C(C)C(C)N.Cl.Cl. The largest absolute Gasteiger partial charge is 0.327 e. The predicted molar refractivity (Wildman–Crippen MR) is 110 cm³/mol. The van der Waals surface area contributed by atoms with Crippen LogP contribution in [0.2, 0.25) is 0 Å². The number of nitrogens with zero attached hydrogens (tertiary/aromatic N) is 1. The molecule has 0 aliphatic carbocycles. The lowest BCUT2D eigenvalue weighted by atomic mass is 10.0. The number of carbonyl (C=O) groups excluding carboxylic acids is 1. The number of carbonyl (C=O) groups is 1. The molecule has 1 aliphatic rings. The molecule has 1 aromatic rings. The molecule has 0 spiro atoms. The van der Waals surface area contributed by atoms with Crippen LogP contribution < -0.4 is 11.1 Å². The summed E-state index contributed by atoms with van der Waals surface area (Å²) in [4.78, 5) is 14.6. The molecule has 2 atom stereocenters. The maximum atomic E-state index is 12.1. The van der Waals surface area contributed by atoms with Crippen molar-refractivity contribution in [2.24, 2.45) is 11.7 Å². The molecule has 1 fully saturated rings. The van der Waals surface area contributed by atoms with Crippen LogP contribution in [0, 0.1) is 12.8 Å². The van der Waals surface area contributed by atoms with E-state index in [2.05, 4.69) is 22.3 Å². The van der Waals surface area contributed by atoms with Gasteiger partial charge in [-0.15, -0.1) is 24.8 Å². The van der Waals surface area contributed by atoms with Crippen molar-refractivity contribution in [1.29, 1.82) is 0 Å². The van der Waals surface area contributed by atoms with E-state index in [1.54, 1.807) is 0 Å². The predicted octanol–water partition coefficient (Wildman–Crippen LogP) is 3.31. The monoisotopic (exact) mass is 393 g/mol. The molecule has 1 saturated heterocycles. The zero-order valence-corrected chi connectivity index (χ0v) is 17.0. The Kier molecular flexibility index (Phi) is 11.0. The zero-order valence-electron chi connectivity index (χ0n) is 14.6. The smallest absolute Gasteiger partial charge is 0.228 e. The molecule has 0 saturated carbocycles. The maximum absolute atomic E-state index is 12.1. The normalized spacial score (nSPS) is 17.2. The average Bonchev–Trinajstić information content (AvgIpc) is 2.50. The van der Waals surface area contributed by atoms with Gasteiger partial charge < -0.3 is 11.1 Å². The number of anilines is 1. The second-order valence-electron chi connectivity index (χ2n) is 6.17. The molecule has 1 amide bonds. The summed E-state index contributed by atoms with van der Waals surface area (Å²) in [6.45, 7) is 9.07. The zero-order chi connectivity index (χ0) is 16.1. The summed E-state index contributed by atoms with van der Waals surface area (Å²) in [5.74, 6) is 2.24. The maximum Gasteiger partial charge on any atom is 0.228 e. The highest BCUT2D eigenvalue weighted by Gasteiger charge is 2.18. The lowest BCUT2D eigenvalue weighted by molar-refractivity contribution is -0.119. The van der Waals surface area contributed by atoms with Gasteiger partial charge in [-0.1, -0.05) is 19.1 Å². The molecule has 1 aromatic carbocycles. The number of rotatable bonds is 5. The van der Waals surface area contributed by atoms with Crippen LogP contribution in [-0.4, -0.2) is 41.4 Å². The van der Waals surface area contributed by atoms with Crippen molar-refractivity contribution >= 4 is 48.2 Å². The van der Waals surface area contributed by atoms with Gasteiger partial charge in [-0.05, 0) is 31.0 Å². The molecule has 1 aliphatic heterocycles. The topological polar surface area (TPSA) is 58.4 Å². The molecule has 24 heavy (non-hydrogen) atoms. The first-order chi connectivity index (χ1) is 10.5. The van der Waals surface area contributed by atoms with Gasteiger partial charge in [-0.3, -0.25) is 9.69 Å². The van der Waals surface area contributed by atoms with Crippen molar-refractivity contribution in [3.05, 3.63) is 29.3 Å². The Bertz CT molecular complexity index is 523. The van der Waals surface area contributed by atoms with E-state index in [-0.39, 0.29) is 42.7 Å². The first-order valence-corrected chi connectivity index (χ1v) is 9.09. The number of amides is 1. The third-order valence-electron chi connectivity index (χ3n) is 4.26. The van der Waals surface area contributed by atoms with Gasteiger partial charge in [0.2, 0.25) is 5.91 Å². The molecule has 7 heteroatoms. The van der Waals surface area contributed by atoms with Gasteiger partial charge in [0.25, 0.3) is 0 Å². The highest BCUT2D eigenvalue weighted by atomic mass is 35.5. The Morgan fingerprint density at radius 1 is 1.29 bits per heavy atom. The van der Waals surface area contributed by atoms with Crippen LogP contribution in [0.3, 0.4) is 0 Å². The van der Waals surface area contributed by atoms with Gasteiger partial charge in [0.05, 0.1) is 5.92 Å². The van der Waals surface area contributed by atoms with Gasteiger partial charge in [0.1, 0.15) is 0 Å². The molecule has 0 radical (unpaired) electrons. The highest BCUT2D eigenvalue weighted by molar-refractivity contribution is 7.99. The van der Waals surface area contributed by atoms with E-state index in [9.17, 15) is 4.79 Å². The molecular weight excluding hydrogens is 365 g/mol. The second kappa shape index (κ2) is 11.2. The van der Waals surface area contributed by atoms with Gasteiger partial charge in [-0.25, -0.2) is 0 Å². The Labute approximate surface area is 162 Å². The van der Waals surface area contributed by atoms with Gasteiger partial charge in [0, 0.05) is 42.9 Å². The summed E-state index contributed by atoms with van der Waals surface area (Å²) in [6.07, 6.45) is 0. The summed E-state index contributed by atoms with van der Waals surface area (Å²) in [5, 5.41) is 2.99. The number of thioether (sulfide) groups is 1. The minimum Gasteiger partial charge on any atom is -0.327 e. The van der Waals surface area contributed by atoms with Crippen molar-refractivity contribution in [2.45, 2.75) is 33.4 Å². The number of nitrogens with one attached hydrogen (secondary N) is 1. The van der Waals surface area contributed by atoms with Crippen LogP contribution in [0.25, 0.3) is 0 Å². The minimum absolute atomic E-state index is 0. The fourth-order valence-electron chi connectivity index (χ4n) is 2.47. The lowest BCUT2D eigenvalue weighted by Gasteiger charge is -2.26. The second-order valence-corrected chi connectivity index (χ2v) is 7.40. The van der Waals surface area contributed by atoms with Crippen molar-refractivity contribution in [3.63, 3.8) is 0 Å². The fourth-order valence-corrected chi connectivity index (χ4v) is 3.45. The third-order valence-corrected chi connectivity index (χ3v) is 5.20. The van der Waals surface area contributed by atoms with Crippen LogP contribution >= 0.6 is 36.6 Å². The highest BCUT2D eigenvalue weighted by Crippen LogP contribution is 2.20. The Hall–Kier alpha value is -0.460. The van der Waals surface area contributed by atoms with E-state index in [4.69, 9.17) is 5.73 Å². The molecule has 3 N–H and O–H groups in total. The molecule has 0 aromatic heterocycles. The number of aryl methyl sites for hydroxylation is 1. The molecule has 138 valence electrons. The quantitative estimate of drug-likeness (QED) is 0.805. The fraction of sp³-hybridized carbons (Fsp3) is 0.588. The summed E-state index contributed by atoms with van der Waals surface area (Å²) in [6, 6.07) is 6.15. The van der Waals surface area contributed by atoms with E-state index in [1.165, 1.54) is 17.1 Å². The van der Waals surface area contributed by atoms with E-state index >= 15 is 0 Å². The minimum atomic E-state index is -0.190. The number of hydrogen-bond donors (Lipinski definition) is 2. The first-order valence-electron chi connectivity index (χ1n) is 7.93. The molecule has 1 heterocycles. The van der Waals surface area contributed by atoms with Gasteiger partial charge >= 0.3 is 0 Å². The lowest BCUT2D eigenvalue weighted by Crippen LogP contribution is -2.34. The summed E-state index contributed by atoms with van der Waals surface area (Å²) < 4.78 is 0. The van der Waals surface area contributed by atoms with Gasteiger partial charge in [-0.2, -0.15) is 11.8 Å². The average molecular weight is 394 g/mol. The molecule has 2 rings (SSSR count). The standard InChI is InChI=1S/C17H27N3OS.2ClH/c1-12-10-15(11-20-6-8-22-9-7-20)4-5-16(12)19-17(21)13(2)14(3)18;;/h4-5,10,13-14H,6-9,11,18H2,1-3H3,(H,19,21);2*1H. The van der Waals surface area contributed by atoms with Gasteiger partial charge in [0.15, 0.2) is 0 Å². The van der Waals surface area contributed by atoms with E-state index in [0.717, 1.165) is 30.9 Å². The van der Waals surface area contributed by atoms with E-state index in [0.29, 0.717) is 0 Å². The van der Waals surface area contributed by atoms with Crippen molar-refractivity contribution in [2.75, 3.05) is 29.9 Å². The summed E-state index contributed by atoms with van der Waals surface area (Å²) in [5.41, 5.74) is 9.09. The van der Waals surface area contributed by atoms with E-state index in [1.807, 2.05) is 38.6 Å². The molecule has 4 nitrogen and oxygen atoms in total. The van der Waals surface area contributed by atoms with Crippen molar-refractivity contribution in [1.82, 2.24) is 4.90 Å². The number of nitrogens with two attached hydrogens (primary N) is 1. The van der Waals surface area contributed by atoms with E-state index < -0.39 is 0 Å². The Morgan fingerprint density at radius 3 is 2.46 bits per heavy atom. The van der Waals surface area contributed by atoms with Crippen LogP contribution in [0.15, 0.2) is 18.2 Å². The number of hydrogen-bond acceptors (Lipinski definition) is 4. The summed E-state index contributed by atoms with van der Waals surface area (Å²) in [7, 11) is 0. The van der Waals surface area contributed by atoms with Crippen LogP contribution in [-0.2, 0) is 11.3 Å². The van der Waals surface area contributed by atoms with Crippen LogP contribution in [0.4, 0.5) is 5.69 Å². The molecule has 0 bridgehead atoms. The third kappa shape index (κ3) is 6.81. The number of halogens is 2. The van der Waals surface area contributed by atoms with Crippen LogP contribution in [0.1, 0.15) is 25.0 Å². The summed E-state index contributed by atoms with van der Waals surface area (Å²) >= 11 is 2.03. The van der Waals surface area contributed by atoms with Crippen molar-refractivity contribution < 1.29 is 4.79 Å². The van der Waals surface area contributed by atoms with Crippen LogP contribution in [0.5, 0.6) is 0 Å². The Balaban J connectivity index is 0.00000264. The number of benzene rings is 1.